The Bertz CT molecular complexity index is 1480. The number of fused-ring (bicyclic) bond motifs is 1. The molecule has 8 nitrogen and oxygen atoms in total. The number of anilines is 1. The van der Waals surface area contributed by atoms with Crippen molar-refractivity contribution < 1.29 is 19.4 Å². The maximum atomic E-state index is 12.8. The molecular weight excluding hydrogens is 492 g/mol. The van der Waals surface area contributed by atoms with Gasteiger partial charge < -0.3 is 19.7 Å². The van der Waals surface area contributed by atoms with Crippen LogP contribution < -0.4 is 4.90 Å². The Morgan fingerprint density at radius 2 is 1.69 bits per heavy atom. The summed E-state index contributed by atoms with van der Waals surface area (Å²) < 4.78 is 4.83. The van der Waals surface area contributed by atoms with E-state index in [0.29, 0.717) is 34.6 Å². The zero-order valence-corrected chi connectivity index (χ0v) is 22.8. The number of rotatable bonds is 10. The lowest BCUT2D eigenvalue weighted by Gasteiger charge is -2.23. The van der Waals surface area contributed by atoms with Crippen molar-refractivity contribution in [3.05, 3.63) is 89.5 Å². The number of likely N-dealkylation sites (N-methyl/N-ethyl adjacent to an activating group) is 2. The number of methoxy groups -OCH3 is 1. The van der Waals surface area contributed by atoms with Crippen LogP contribution >= 0.6 is 0 Å². The molecule has 1 amide bonds. The third kappa shape index (κ3) is 6.18. The van der Waals surface area contributed by atoms with Gasteiger partial charge >= 0.3 is 5.97 Å². The first-order valence-electron chi connectivity index (χ1n) is 13.0. The Hall–Kier alpha value is -4.43. The van der Waals surface area contributed by atoms with E-state index in [0.717, 1.165) is 36.1 Å². The van der Waals surface area contributed by atoms with E-state index < -0.39 is 5.97 Å². The molecule has 0 aliphatic heterocycles. The van der Waals surface area contributed by atoms with E-state index in [-0.39, 0.29) is 11.8 Å². The highest BCUT2D eigenvalue weighted by molar-refractivity contribution is 6.22. The minimum absolute atomic E-state index is 0.0292. The zero-order chi connectivity index (χ0) is 27.9. The maximum absolute atomic E-state index is 12.8. The summed E-state index contributed by atoms with van der Waals surface area (Å²) in [6, 6.07) is 22.1. The number of aromatic nitrogens is 1. The van der Waals surface area contributed by atoms with Gasteiger partial charge in [-0.15, -0.1) is 0 Å². The normalized spacial score (nSPS) is 11.7. The van der Waals surface area contributed by atoms with E-state index in [9.17, 15) is 14.7 Å². The van der Waals surface area contributed by atoms with E-state index in [1.54, 1.807) is 30.1 Å². The maximum Gasteiger partial charge on any atom is 0.337 e. The van der Waals surface area contributed by atoms with Crippen LogP contribution in [-0.2, 0) is 9.53 Å². The van der Waals surface area contributed by atoms with Crippen LogP contribution in [0.2, 0.25) is 0 Å². The standard InChI is InChI=1S/C31H34N4O4/c1-5-18-35(6-2)20-27(36)34(3)24-15-13-23(14-16-24)32-29(21-10-8-7-9-11-21)28-25-17-12-22(31(38)39-4)19-26(25)33-30(28)37/h7-17,19,33,37H,5-6,18,20H2,1-4H3. The molecule has 39 heavy (non-hydrogen) atoms. The van der Waals surface area contributed by atoms with Gasteiger partial charge in [0.2, 0.25) is 5.91 Å². The second-order valence-electron chi connectivity index (χ2n) is 9.26. The van der Waals surface area contributed by atoms with E-state index in [4.69, 9.17) is 9.73 Å². The first kappa shape index (κ1) is 27.6. The molecule has 0 aliphatic rings. The molecule has 0 saturated carbocycles. The predicted molar refractivity (Wildman–Crippen MR) is 155 cm³/mol. The number of amides is 1. The lowest BCUT2D eigenvalue weighted by atomic mass is 10.00. The lowest BCUT2D eigenvalue weighted by Crippen LogP contribution is -2.38. The van der Waals surface area contributed by atoms with Crippen LogP contribution in [0.1, 0.15) is 41.8 Å². The summed E-state index contributed by atoms with van der Waals surface area (Å²) in [5.74, 6) is -0.480. The van der Waals surface area contributed by atoms with Crippen molar-refractivity contribution >= 4 is 39.9 Å². The number of carbonyl (C=O) groups is 2. The number of nitrogens with zero attached hydrogens (tertiary/aromatic N) is 3. The smallest absolute Gasteiger partial charge is 0.337 e. The Labute approximate surface area is 228 Å². The molecule has 4 aromatic rings. The van der Waals surface area contributed by atoms with Gasteiger partial charge in [-0.25, -0.2) is 9.79 Å². The van der Waals surface area contributed by atoms with Crippen molar-refractivity contribution in [3.8, 4) is 5.88 Å². The Morgan fingerprint density at radius 1 is 0.974 bits per heavy atom. The summed E-state index contributed by atoms with van der Waals surface area (Å²) in [5.41, 5.74) is 4.33. The van der Waals surface area contributed by atoms with Crippen molar-refractivity contribution in [2.24, 2.45) is 4.99 Å². The fourth-order valence-corrected chi connectivity index (χ4v) is 4.52. The number of aromatic amines is 1. The van der Waals surface area contributed by atoms with E-state index >= 15 is 0 Å². The quantitative estimate of drug-likeness (QED) is 0.209. The second-order valence-corrected chi connectivity index (χ2v) is 9.26. The topological polar surface area (TPSA) is 98.2 Å². The number of hydrogen-bond acceptors (Lipinski definition) is 6. The Kier molecular flexibility index (Phi) is 8.78. The van der Waals surface area contributed by atoms with Crippen molar-refractivity contribution in [2.45, 2.75) is 20.3 Å². The number of H-pyrrole nitrogens is 1. The predicted octanol–water partition coefficient (Wildman–Crippen LogP) is 5.52. The van der Waals surface area contributed by atoms with Gasteiger partial charge in [0.15, 0.2) is 5.88 Å². The van der Waals surface area contributed by atoms with Gasteiger partial charge in [-0.2, -0.15) is 0 Å². The molecule has 0 saturated heterocycles. The Balaban J connectivity index is 1.70. The van der Waals surface area contributed by atoms with Gasteiger partial charge in [-0.05, 0) is 55.9 Å². The molecule has 202 valence electrons. The first-order chi connectivity index (χ1) is 18.9. The molecule has 8 heteroatoms. The van der Waals surface area contributed by atoms with Crippen LogP contribution in [-0.4, -0.2) is 66.4 Å². The average molecular weight is 527 g/mol. The zero-order valence-electron chi connectivity index (χ0n) is 22.8. The number of aliphatic imine (C=N–C) groups is 1. The highest BCUT2D eigenvalue weighted by Crippen LogP contribution is 2.32. The number of esters is 1. The molecule has 0 aliphatic carbocycles. The van der Waals surface area contributed by atoms with Gasteiger partial charge in [0.05, 0.1) is 36.2 Å². The molecule has 0 spiro atoms. The second kappa shape index (κ2) is 12.4. The molecule has 1 heterocycles. The van der Waals surface area contributed by atoms with Crippen molar-refractivity contribution in [1.29, 1.82) is 0 Å². The molecule has 4 rings (SSSR count). The highest BCUT2D eigenvalue weighted by atomic mass is 16.5. The van der Waals surface area contributed by atoms with Crippen LogP contribution in [0, 0.1) is 0 Å². The highest BCUT2D eigenvalue weighted by Gasteiger charge is 2.20. The monoisotopic (exact) mass is 526 g/mol. The van der Waals surface area contributed by atoms with Crippen LogP contribution in [0.4, 0.5) is 11.4 Å². The largest absolute Gasteiger partial charge is 0.494 e. The van der Waals surface area contributed by atoms with E-state index in [2.05, 4.69) is 23.7 Å². The van der Waals surface area contributed by atoms with Crippen LogP contribution in [0.25, 0.3) is 10.9 Å². The molecule has 2 N–H and O–H groups in total. The summed E-state index contributed by atoms with van der Waals surface area (Å²) in [6.07, 6.45) is 1.000. The average Bonchev–Trinajstić information content (AvgIpc) is 3.30. The molecule has 0 radical (unpaired) electrons. The van der Waals surface area contributed by atoms with Crippen LogP contribution in [0.15, 0.2) is 77.8 Å². The number of benzene rings is 3. The molecule has 3 aromatic carbocycles. The third-order valence-electron chi connectivity index (χ3n) is 6.68. The number of nitrogens with one attached hydrogen (secondary N) is 1. The van der Waals surface area contributed by atoms with Gasteiger partial charge in [-0.3, -0.25) is 9.69 Å². The van der Waals surface area contributed by atoms with E-state index in [1.165, 1.54) is 7.11 Å². The van der Waals surface area contributed by atoms with Crippen molar-refractivity contribution in [3.63, 3.8) is 0 Å². The molecule has 0 fully saturated rings. The minimum Gasteiger partial charge on any atom is -0.494 e. The summed E-state index contributed by atoms with van der Waals surface area (Å²) in [5, 5.41) is 11.7. The van der Waals surface area contributed by atoms with Crippen molar-refractivity contribution in [1.82, 2.24) is 9.88 Å². The molecule has 1 aromatic heterocycles. The van der Waals surface area contributed by atoms with Gasteiger partial charge in [0.25, 0.3) is 0 Å². The summed E-state index contributed by atoms with van der Waals surface area (Å²) >= 11 is 0. The fraction of sp³-hybridized carbons (Fsp3) is 0.258. The summed E-state index contributed by atoms with van der Waals surface area (Å²) in [7, 11) is 3.11. The first-order valence-corrected chi connectivity index (χ1v) is 13.0. The van der Waals surface area contributed by atoms with Gasteiger partial charge in [0.1, 0.15) is 0 Å². The molecule has 0 unspecified atom stereocenters. The fourth-order valence-electron chi connectivity index (χ4n) is 4.52. The summed E-state index contributed by atoms with van der Waals surface area (Å²) in [6.45, 7) is 6.25. The SMILES string of the molecule is CCCN(CC)CC(=O)N(C)c1ccc(N=C(c2ccccc2)c2c(O)[nH]c3cc(C(=O)OC)ccc23)cc1. The Morgan fingerprint density at radius 3 is 2.33 bits per heavy atom. The molecule has 0 bridgehead atoms. The lowest BCUT2D eigenvalue weighted by molar-refractivity contribution is -0.119. The van der Waals surface area contributed by atoms with Gasteiger partial charge in [-0.1, -0.05) is 50.2 Å². The van der Waals surface area contributed by atoms with E-state index in [1.807, 2.05) is 54.6 Å². The number of ether oxygens (including phenoxy) is 1. The van der Waals surface area contributed by atoms with Gasteiger partial charge in [0, 0.05) is 29.2 Å². The van der Waals surface area contributed by atoms with Crippen molar-refractivity contribution in [2.75, 3.05) is 38.7 Å². The molecular formula is C31H34N4O4. The minimum atomic E-state index is -0.458. The van der Waals surface area contributed by atoms with Crippen LogP contribution in [0.5, 0.6) is 5.88 Å². The number of aromatic hydroxyl groups is 1. The van der Waals surface area contributed by atoms with Crippen LogP contribution in [0.3, 0.4) is 0 Å². The number of hydrogen-bond donors (Lipinski definition) is 2. The molecule has 0 atom stereocenters. The third-order valence-corrected chi connectivity index (χ3v) is 6.68. The summed E-state index contributed by atoms with van der Waals surface area (Å²) in [4.78, 5) is 36.5. The number of carbonyl (C=O) groups excluding carboxylic acids is 2.